The first-order valence-electron chi connectivity index (χ1n) is 7.98. The van der Waals surface area contributed by atoms with Crippen LogP contribution in [-0.2, 0) is 20.9 Å². The Morgan fingerprint density at radius 2 is 2.13 bits per heavy atom. The SMILES string of the molecule is C[C@@]1([C@H]2CCCCN2C(=O)OCc2ccccc2)C=CC(=O)O1. The number of carbonyl (C=O) groups excluding carboxylic acids is 2. The van der Waals surface area contributed by atoms with Crippen LogP contribution in [-0.4, -0.2) is 35.2 Å². The summed E-state index contributed by atoms with van der Waals surface area (Å²) in [5.74, 6) is -0.351. The summed E-state index contributed by atoms with van der Waals surface area (Å²) >= 11 is 0. The highest BCUT2D eigenvalue weighted by molar-refractivity contribution is 5.85. The lowest BCUT2D eigenvalue weighted by atomic mass is 9.88. The van der Waals surface area contributed by atoms with Gasteiger partial charge in [-0.05, 0) is 37.8 Å². The van der Waals surface area contributed by atoms with Crippen LogP contribution in [0.3, 0.4) is 0 Å². The fraction of sp³-hybridized carbons (Fsp3) is 0.444. The van der Waals surface area contributed by atoms with Crippen molar-refractivity contribution in [1.29, 1.82) is 0 Å². The van der Waals surface area contributed by atoms with Gasteiger partial charge in [0.25, 0.3) is 0 Å². The summed E-state index contributed by atoms with van der Waals surface area (Å²) in [6.45, 7) is 2.72. The normalized spacial score (nSPS) is 26.9. The average molecular weight is 315 g/mol. The first-order valence-corrected chi connectivity index (χ1v) is 7.98. The van der Waals surface area contributed by atoms with Crippen LogP contribution in [0, 0.1) is 0 Å². The molecule has 0 saturated carbocycles. The van der Waals surface area contributed by atoms with Crippen molar-refractivity contribution in [3.05, 3.63) is 48.0 Å². The van der Waals surface area contributed by atoms with Gasteiger partial charge in [-0.25, -0.2) is 9.59 Å². The Morgan fingerprint density at radius 1 is 1.35 bits per heavy atom. The Labute approximate surface area is 135 Å². The number of benzene rings is 1. The van der Waals surface area contributed by atoms with Crippen LogP contribution in [0.25, 0.3) is 0 Å². The van der Waals surface area contributed by atoms with Gasteiger partial charge in [-0.1, -0.05) is 30.3 Å². The van der Waals surface area contributed by atoms with Crippen molar-refractivity contribution in [2.24, 2.45) is 0 Å². The van der Waals surface area contributed by atoms with E-state index in [1.54, 1.807) is 11.0 Å². The van der Waals surface area contributed by atoms with Crippen LogP contribution in [0.5, 0.6) is 0 Å². The maximum Gasteiger partial charge on any atom is 0.410 e. The van der Waals surface area contributed by atoms with Gasteiger partial charge in [-0.3, -0.25) is 0 Å². The molecule has 3 rings (SSSR count). The van der Waals surface area contributed by atoms with Crippen LogP contribution in [0.4, 0.5) is 4.79 Å². The third-order valence-corrected chi connectivity index (χ3v) is 4.47. The van der Waals surface area contributed by atoms with Crippen molar-refractivity contribution < 1.29 is 19.1 Å². The highest BCUT2D eigenvalue weighted by Gasteiger charge is 2.45. The second-order valence-corrected chi connectivity index (χ2v) is 6.18. The minimum Gasteiger partial charge on any atom is -0.450 e. The topological polar surface area (TPSA) is 55.8 Å². The molecule has 2 aliphatic heterocycles. The van der Waals surface area contributed by atoms with E-state index in [4.69, 9.17) is 9.47 Å². The van der Waals surface area contributed by atoms with E-state index in [1.807, 2.05) is 37.3 Å². The number of hydrogen-bond donors (Lipinski definition) is 0. The summed E-state index contributed by atoms with van der Waals surface area (Å²) in [4.78, 5) is 25.7. The van der Waals surface area contributed by atoms with Gasteiger partial charge >= 0.3 is 12.1 Å². The standard InChI is InChI=1S/C18H21NO4/c1-18(11-10-16(20)23-18)15-9-5-6-12-19(15)17(21)22-13-14-7-3-2-4-8-14/h2-4,7-8,10-11,15H,5-6,9,12-13H2,1H3/t15-,18+/m1/s1. The zero-order chi connectivity index (χ0) is 16.3. The summed E-state index contributed by atoms with van der Waals surface area (Å²) < 4.78 is 10.9. The van der Waals surface area contributed by atoms with E-state index in [1.165, 1.54) is 6.08 Å². The number of piperidine rings is 1. The van der Waals surface area contributed by atoms with Gasteiger partial charge in [-0.2, -0.15) is 0 Å². The highest BCUT2D eigenvalue weighted by atomic mass is 16.6. The smallest absolute Gasteiger partial charge is 0.410 e. The van der Waals surface area contributed by atoms with Crippen LogP contribution >= 0.6 is 0 Å². The molecule has 23 heavy (non-hydrogen) atoms. The summed E-state index contributed by atoms with van der Waals surface area (Å²) in [6.07, 6.45) is 5.58. The number of rotatable bonds is 3. The molecule has 0 bridgehead atoms. The monoisotopic (exact) mass is 315 g/mol. The average Bonchev–Trinajstić information content (AvgIpc) is 2.94. The predicted molar refractivity (Wildman–Crippen MR) is 84.6 cm³/mol. The van der Waals surface area contributed by atoms with Crippen molar-refractivity contribution >= 4 is 12.1 Å². The minimum absolute atomic E-state index is 0.178. The van der Waals surface area contributed by atoms with Crippen molar-refractivity contribution in [2.45, 2.75) is 44.4 Å². The number of cyclic esters (lactones) is 1. The first-order chi connectivity index (χ1) is 11.1. The number of hydrogen-bond acceptors (Lipinski definition) is 4. The number of likely N-dealkylation sites (tertiary alicyclic amines) is 1. The number of esters is 1. The van der Waals surface area contributed by atoms with Crippen molar-refractivity contribution in [3.63, 3.8) is 0 Å². The molecule has 0 aromatic heterocycles. The van der Waals surface area contributed by atoms with Crippen molar-refractivity contribution in [2.75, 3.05) is 6.54 Å². The first kappa shape index (κ1) is 15.6. The largest absolute Gasteiger partial charge is 0.450 e. The molecular formula is C18H21NO4. The zero-order valence-corrected chi connectivity index (χ0v) is 13.2. The van der Waals surface area contributed by atoms with Crippen molar-refractivity contribution in [3.8, 4) is 0 Å². The van der Waals surface area contributed by atoms with E-state index in [0.717, 1.165) is 24.8 Å². The molecule has 0 spiro atoms. The predicted octanol–water partition coefficient (Wildman–Crippen LogP) is 3.05. The molecule has 1 fully saturated rings. The third-order valence-electron chi connectivity index (χ3n) is 4.47. The lowest BCUT2D eigenvalue weighted by Gasteiger charge is -2.42. The Kier molecular flexibility index (Phi) is 4.37. The molecule has 1 saturated heterocycles. The fourth-order valence-corrected chi connectivity index (χ4v) is 3.25. The van der Waals surface area contributed by atoms with Crippen LogP contribution in [0.2, 0.25) is 0 Å². The Morgan fingerprint density at radius 3 is 2.83 bits per heavy atom. The molecule has 2 aliphatic rings. The summed E-state index contributed by atoms with van der Waals surface area (Å²) in [5, 5.41) is 0. The number of ether oxygens (including phenoxy) is 2. The molecule has 5 heteroatoms. The van der Waals surface area contributed by atoms with E-state index in [9.17, 15) is 9.59 Å². The Hall–Kier alpha value is -2.30. The van der Waals surface area contributed by atoms with Gasteiger partial charge in [0, 0.05) is 12.6 Å². The summed E-state index contributed by atoms with van der Waals surface area (Å²) in [7, 11) is 0. The van der Waals surface area contributed by atoms with Gasteiger partial charge in [-0.15, -0.1) is 0 Å². The molecule has 0 unspecified atom stereocenters. The van der Waals surface area contributed by atoms with Crippen LogP contribution in [0.15, 0.2) is 42.5 Å². The molecule has 5 nitrogen and oxygen atoms in total. The third kappa shape index (κ3) is 3.38. The maximum atomic E-state index is 12.5. The van der Waals surface area contributed by atoms with Crippen LogP contribution in [0.1, 0.15) is 31.7 Å². The zero-order valence-electron chi connectivity index (χ0n) is 13.2. The molecule has 0 radical (unpaired) electrons. The molecule has 1 aromatic rings. The molecule has 0 aliphatic carbocycles. The van der Waals surface area contributed by atoms with Crippen molar-refractivity contribution in [1.82, 2.24) is 4.90 Å². The number of nitrogens with zero attached hydrogens (tertiary/aromatic N) is 1. The Bertz CT molecular complexity index is 613. The molecule has 1 aromatic carbocycles. The van der Waals surface area contributed by atoms with E-state index in [-0.39, 0.29) is 24.7 Å². The molecule has 122 valence electrons. The van der Waals surface area contributed by atoms with Gasteiger partial charge in [0.15, 0.2) is 0 Å². The van der Waals surface area contributed by atoms with E-state index in [0.29, 0.717) is 6.54 Å². The maximum absolute atomic E-state index is 12.5. The van der Waals surface area contributed by atoms with Gasteiger partial charge < -0.3 is 14.4 Å². The quantitative estimate of drug-likeness (QED) is 0.805. The molecule has 2 heterocycles. The summed E-state index contributed by atoms with van der Waals surface area (Å²) in [5.41, 5.74) is 0.191. The number of amides is 1. The molecule has 0 N–H and O–H groups in total. The van der Waals surface area contributed by atoms with Gasteiger partial charge in [0.2, 0.25) is 0 Å². The number of carbonyl (C=O) groups is 2. The Balaban J connectivity index is 1.67. The molecule has 2 atom stereocenters. The van der Waals surface area contributed by atoms with Gasteiger partial charge in [0.1, 0.15) is 12.2 Å². The minimum atomic E-state index is -0.761. The lowest BCUT2D eigenvalue weighted by Crippen LogP contribution is -2.55. The van der Waals surface area contributed by atoms with Gasteiger partial charge in [0.05, 0.1) is 6.04 Å². The van der Waals surface area contributed by atoms with E-state index < -0.39 is 5.60 Å². The fourth-order valence-electron chi connectivity index (χ4n) is 3.25. The second kappa shape index (κ2) is 6.44. The molecular weight excluding hydrogens is 294 g/mol. The lowest BCUT2D eigenvalue weighted by molar-refractivity contribution is -0.150. The highest BCUT2D eigenvalue weighted by Crippen LogP contribution is 2.33. The van der Waals surface area contributed by atoms with E-state index in [2.05, 4.69) is 0 Å². The van der Waals surface area contributed by atoms with Crippen LogP contribution < -0.4 is 0 Å². The molecule has 1 amide bonds. The summed E-state index contributed by atoms with van der Waals surface area (Å²) in [6, 6.07) is 9.41. The second-order valence-electron chi connectivity index (χ2n) is 6.18. The van der Waals surface area contributed by atoms with E-state index >= 15 is 0 Å².